The molecule has 2 saturated carbocycles. The van der Waals surface area contributed by atoms with E-state index in [9.17, 15) is 13.6 Å². The van der Waals surface area contributed by atoms with Gasteiger partial charge in [0, 0.05) is 49.0 Å². The molecule has 6 nitrogen and oxygen atoms in total. The molecule has 1 aromatic heterocycles. The molecule has 35 heavy (non-hydrogen) atoms. The van der Waals surface area contributed by atoms with Crippen molar-refractivity contribution < 1.29 is 18.7 Å². The Morgan fingerprint density at radius 3 is 2.57 bits per heavy atom. The lowest BCUT2D eigenvalue weighted by atomic mass is 9.79. The van der Waals surface area contributed by atoms with Crippen LogP contribution in [-0.2, 0) is 0 Å². The second-order valence-corrected chi connectivity index (χ2v) is 11.2. The monoisotopic (exact) mass is 502 g/mol. The Labute approximate surface area is 209 Å². The summed E-state index contributed by atoms with van der Waals surface area (Å²) >= 11 is 1.42. The van der Waals surface area contributed by atoms with E-state index in [1.807, 2.05) is 31.2 Å². The number of nitrogens with one attached hydrogen (secondary N) is 2. The van der Waals surface area contributed by atoms with Gasteiger partial charge in [-0.05, 0) is 73.9 Å². The molecule has 9 heteroatoms. The fourth-order valence-electron chi connectivity index (χ4n) is 5.15. The smallest absolute Gasteiger partial charge is 0.258 e. The number of nitrogens with zero attached hydrogens (tertiary/aromatic N) is 2. The van der Waals surface area contributed by atoms with Gasteiger partial charge < -0.3 is 20.0 Å². The third-order valence-electron chi connectivity index (χ3n) is 7.49. The van der Waals surface area contributed by atoms with Crippen LogP contribution in [0.4, 0.5) is 26.0 Å². The maximum Gasteiger partial charge on any atom is 0.258 e. The van der Waals surface area contributed by atoms with Crippen molar-refractivity contribution in [2.75, 3.05) is 40.4 Å². The normalized spacial score (nSPS) is 20.4. The lowest BCUT2D eigenvalue weighted by Crippen LogP contribution is -2.35. The number of aryl methyl sites for hydroxylation is 1. The Morgan fingerprint density at radius 1 is 1.17 bits per heavy atom. The lowest BCUT2D eigenvalue weighted by Gasteiger charge is -2.35. The molecule has 0 bridgehead atoms. The number of hydrogen-bond acceptors (Lipinski definition) is 6. The molecule has 188 valence electrons. The molecule has 1 saturated heterocycles. The van der Waals surface area contributed by atoms with Crippen LogP contribution in [0.3, 0.4) is 0 Å². The number of hydrogen-bond donors (Lipinski definition) is 3. The maximum absolute atomic E-state index is 13.4. The average Bonchev–Trinajstić information content (AvgIpc) is 3.56. The van der Waals surface area contributed by atoms with Crippen LogP contribution in [0.1, 0.15) is 66.1 Å². The van der Waals surface area contributed by atoms with E-state index in [1.54, 1.807) is 6.07 Å². The minimum atomic E-state index is -2.62. The number of piperidine rings is 1. The molecule has 5 rings (SSSR count). The number of aromatic nitrogens is 1. The second-order valence-electron chi connectivity index (χ2n) is 10.3. The number of aliphatic hydroxyl groups excluding tert-OH is 1. The predicted molar refractivity (Wildman–Crippen MR) is 137 cm³/mol. The van der Waals surface area contributed by atoms with E-state index in [2.05, 4.69) is 19.9 Å². The first-order valence-electron chi connectivity index (χ1n) is 12.3. The molecular weight excluding hydrogens is 470 g/mol. The molecule has 0 radical (unpaired) electrons. The van der Waals surface area contributed by atoms with Crippen LogP contribution in [0.5, 0.6) is 0 Å². The van der Waals surface area contributed by atoms with E-state index >= 15 is 0 Å². The highest BCUT2D eigenvalue weighted by Crippen LogP contribution is 2.54. The highest BCUT2D eigenvalue weighted by atomic mass is 32.2. The summed E-state index contributed by atoms with van der Waals surface area (Å²) in [4.78, 5) is 20.2. The third-order valence-corrected chi connectivity index (χ3v) is 8.25. The molecule has 2 aliphatic carbocycles. The summed E-state index contributed by atoms with van der Waals surface area (Å²) in [7, 11) is 0. The van der Waals surface area contributed by atoms with Gasteiger partial charge in [0.2, 0.25) is 5.92 Å². The lowest BCUT2D eigenvalue weighted by molar-refractivity contribution is -0.0876. The van der Waals surface area contributed by atoms with Gasteiger partial charge in [0.25, 0.3) is 5.91 Å². The van der Waals surface area contributed by atoms with Crippen molar-refractivity contribution in [3.8, 4) is 0 Å². The summed E-state index contributed by atoms with van der Waals surface area (Å²) in [6, 6.07) is 9.28. The zero-order valence-electron chi connectivity index (χ0n) is 19.9. The number of halogens is 2. The van der Waals surface area contributed by atoms with E-state index in [-0.39, 0.29) is 31.3 Å². The zero-order valence-corrected chi connectivity index (χ0v) is 20.8. The van der Waals surface area contributed by atoms with Crippen molar-refractivity contribution in [2.24, 2.45) is 5.41 Å². The third kappa shape index (κ3) is 5.56. The quantitative estimate of drug-likeness (QED) is 0.323. The standard InChI is InChI=1S/C26H32F2N4O2S/c1-17-12-21(18-15-26(27,28)16-18)29-23(13-17)30-24(34)20-3-2-19(31-35-11-10-33)14-22(20)32-8-6-25(4-5-25)7-9-32/h2-3,12-14,18,31,33H,4-11,15-16H2,1H3,(H,29,30,34). The van der Waals surface area contributed by atoms with E-state index in [1.165, 1.54) is 24.8 Å². The Hall–Kier alpha value is -2.39. The Bertz CT molecular complexity index is 1090. The largest absolute Gasteiger partial charge is 0.395 e. The molecule has 1 spiro atoms. The van der Waals surface area contributed by atoms with Gasteiger partial charge in [-0.1, -0.05) is 11.9 Å². The molecule has 1 aromatic carbocycles. The number of benzene rings is 1. The minimum absolute atomic E-state index is 0.0865. The molecule has 0 atom stereocenters. The molecule has 1 aliphatic heterocycles. The Morgan fingerprint density at radius 2 is 1.91 bits per heavy atom. The highest BCUT2D eigenvalue weighted by molar-refractivity contribution is 8.00. The molecule has 0 unspecified atom stereocenters. The molecular formula is C26H32F2N4O2S. The van der Waals surface area contributed by atoms with Crippen molar-refractivity contribution in [1.82, 2.24) is 4.98 Å². The van der Waals surface area contributed by atoms with Crippen LogP contribution in [0.25, 0.3) is 0 Å². The van der Waals surface area contributed by atoms with Gasteiger partial charge in [0.15, 0.2) is 0 Å². The predicted octanol–water partition coefficient (Wildman–Crippen LogP) is 5.59. The Balaban J connectivity index is 1.36. The van der Waals surface area contributed by atoms with Crippen LogP contribution < -0.4 is 14.9 Å². The summed E-state index contributed by atoms with van der Waals surface area (Å²) in [5, 5.41) is 12.0. The van der Waals surface area contributed by atoms with E-state index in [0.717, 1.165) is 42.9 Å². The second kappa shape index (κ2) is 9.58. The SMILES string of the molecule is Cc1cc(NC(=O)c2ccc(NSCCO)cc2N2CCC3(CC2)CC3)nc(C2CC(F)(F)C2)c1. The number of amides is 1. The molecule has 2 heterocycles. The van der Waals surface area contributed by atoms with Gasteiger partial charge in [-0.15, -0.1) is 0 Å². The fourth-order valence-corrected chi connectivity index (χ4v) is 5.64. The number of rotatable bonds is 8. The number of alkyl halides is 2. The van der Waals surface area contributed by atoms with E-state index in [0.29, 0.717) is 28.2 Å². The maximum atomic E-state index is 13.4. The van der Waals surface area contributed by atoms with E-state index < -0.39 is 5.92 Å². The van der Waals surface area contributed by atoms with Crippen LogP contribution >= 0.6 is 11.9 Å². The molecule has 3 N–H and O–H groups in total. The van der Waals surface area contributed by atoms with Gasteiger partial charge in [-0.3, -0.25) is 4.79 Å². The summed E-state index contributed by atoms with van der Waals surface area (Å²) in [5.74, 6) is -2.20. The number of pyridine rings is 1. The van der Waals surface area contributed by atoms with Crippen molar-refractivity contribution in [3.63, 3.8) is 0 Å². The van der Waals surface area contributed by atoms with Crippen LogP contribution in [-0.4, -0.2) is 47.4 Å². The summed E-state index contributed by atoms with van der Waals surface area (Å²) in [6.07, 6.45) is 4.50. The minimum Gasteiger partial charge on any atom is -0.395 e. The number of aliphatic hydroxyl groups is 1. The fraction of sp³-hybridized carbons (Fsp3) is 0.538. The number of anilines is 3. The van der Waals surface area contributed by atoms with Crippen LogP contribution in [0, 0.1) is 12.3 Å². The van der Waals surface area contributed by atoms with Crippen LogP contribution in [0.2, 0.25) is 0 Å². The van der Waals surface area contributed by atoms with Crippen molar-refractivity contribution in [1.29, 1.82) is 0 Å². The number of carbonyl (C=O) groups is 1. The van der Waals surface area contributed by atoms with Crippen molar-refractivity contribution in [3.05, 3.63) is 47.2 Å². The summed E-state index contributed by atoms with van der Waals surface area (Å²) in [5.41, 5.74) is 4.33. The van der Waals surface area contributed by atoms with Gasteiger partial charge in [0.05, 0.1) is 17.9 Å². The van der Waals surface area contributed by atoms with Gasteiger partial charge >= 0.3 is 0 Å². The summed E-state index contributed by atoms with van der Waals surface area (Å²) < 4.78 is 30.0. The van der Waals surface area contributed by atoms with Gasteiger partial charge in [-0.2, -0.15) is 0 Å². The Kier molecular flexibility index (Phi) is 6.65. The molecule has 3 fully saturated rings. The topological polar surface area (TPSA) is 77.5 Å². The number of carbonyl (C=O) groups excluding carboxylic acids is 1. The molecule has 1 amide bonds. The average molecular weight is 503 g/mol. The molecule has 3 aliphatic rings. The van der Waals surface area contributed by atoms with Crippen LogP contribution in [0.15, 0.2) is 30.3 Å². The first kappa shape index (κ1) is 24.3. The first-order valence-corrected chi connectivity index (χ1v) is 13.3. The van der Waals surface area contributed by atoms with E-state index in [4.69, 9.17) is 5.11 Å². The zero-order chi connectivity index (χ0) is 24.6. The first-order chi connectivity index (χ1) is 16.8. The van der Waals surface area contributed by atoms with Gasteiger partial charge in [-0.25, -0.2) is 13.8 Å². The van der Waals surface area contributed by atoms with Crippen molar-refractivity contribution >= 4 is 35.0 Å². The molecule has 2 aromatic rings. The van der Waals surface area contributed by atoms with Gasteiger partial charge in [0.1, 0.15) is 5.82 Å². The van der Waals surface area contributed by atoms with Crippen molar-refractivity contribution in [2.45, 2.75) is 57.3 Å². The highest BCUT2D eigenvalue weighted by Gasteiger charge is 2.47. The summed E-state index contributed by atoms with van der Waals surface area (Å²) in [6.45, 7) is 3.80.